The minimum absolute atomic E-state index is 0.0667. The number of hydrogen-bond donors (Lipinski definition) is 0. The Morgan fingerprint density at radius 1 is 0.403 bits per heavy atom. The average Bonchev–Trinajstić information content (AvgIpc) is 3.36. The third kappa shape index (κ3) is 7.40. The van der Waals surface area contributed by atoms with Gasteiger partial charge in [-0.2, -0.15) is 0 Å². The lowest BCUT2D eigenvalue weighted by Gasteiger charge is -2.39. The minimum atomic E-state index is -0.0667. The maximum atomic E-state index is 5.20. The summed E-state index contributed by atoms with van der Waals surface area (Å²) in [4.78, 5) is 20.6. The molecular weight excluding hydrogens is 753 g/mol. The Bertz CT molecular complexity index is 3020. The molecule has 0 N–H and O–H groups in total. The lowest BCUT2D eigenvalue weighted by atomic mass is 9.65. The normalized spacial score (nSPS) is 15.6. The van der Waals surface area contributed by atoms with Crippen molar-refractivity contribution in [3.8, 4) is 56.4 Å². The molecule has 0 unspecified atom stereocenters. The second-order valence-electron chi connectivity index (χ2n) is 17.1. The topological polar surface area (TPSA) is 51.6 Å². The molecule has 0 bridgehead atoms. The van der Waals surface area contributed by atoms with Crippen LogP contribution in [0.15, 0.2) is 176 Å². The van der Waals surface area contributed by atoms with Crippen molar-refractivity contribution in [2.75, 3.05) is 0 Å². The van der Waals surface area contributed by atoms with Crippen LogP contribution in [-0.2, 0) is 11.8 Å². The summed E-state index contributed by atoms with van der Waals surface area (Å²) in [5, 5.41) is 2.44. The maximum absolute atomic E-state index is 5.20. The zero-order chi connectivity index (χ0) is 41.3. The molecule has 3 aliphatic rings. The van der Waals surface area contributed by atoms with Crippen molar-refractivity contribution in [2.45, 2.75) is 63.2 Å². The van der Waals surface area contributed by atoms with Crippen LogP contribution in [-0.4, -0.2) is 19.9 Å². The number of nitrogens with zero attached hydrogens (tertiary/aromatic N) is 4. The summed E-state index contributed by atoms with van der Waals surface area (Å²) in [6.07, 6.45) is 21.4. The van der Waals surface area contributed by atoms with E-state index in [9.17, 15) is 0 Å². The number of aryl methyl sites for hydroxylation is 1. The van der Waals surface area contributed by atoms with E-state index in [0.29, 0.717) is 0 Å². The first-order valence-electron chi connectivity index (χ1n) is 22.4. The van der Waals surface area contributed by atoms with Crippen molar-refractivity contribution in [3.05, 3.63) is 204 Å². The molecule has 3 aliphatic carbocycles. The van der Waals surface area contributed by atoms with Crippen LogP contribution in [0.25, 0.3) is 78.8 Å². The molecule has 11 rings (SSSR count). The SMILES string of the molecule is C1=CC(c2nc(-c3ccc(C4(c5ccc(-c6cc(-c7ccc8c(c7)C=CCC8)nc(-c7ccccc7)n6)cc5)CCCCC4)cc3)cc(-c3ccc4ccccc4c3)n2)=CCC1. The van der Waals surface area contributed by atoms with Gasteiger partial charge < -0.3 is 0 Å². The smallest absolute Gasteiger partial charge is 0.160 e. The van der Waals surface area contributed by atoms with Crippen LogP contribution in [0, 0.1) is 0 Å². The first-order valence-corrected chi connectivity index (χ1v) is 22.4. The van der Waals surface area contributed by atoms with Gasteiger partial charge in [0, 0.05) is 38.8 Å². The van der Waals surface area contributed by atoms with Crippen molar-refractivity contribution in [2.24, 2.45) is 0 Å². The van der Waals surface area contributed by atoms with E-state index in [1.54, 1.807) is 0 Å². The summed E-state index contributed by atoms with van der Waals surface area (Å²) in [5.41, 5.74) is 15.6. The first kappa shape index (κ1) is 37.9. The highest BCUT2D eigenvalue weighted by molar-refractivity contribution is 5.87. The highest BCUT2D eigenvalue weighted by Gasteiger charge is 2.36. The van der Waals surface area contributed by atoms with Gasteiger partial charge in [0.1, 0.15) is 0 Å². The number of allylic oxidation sites excluding steroid dienone is 5. The Morgan fingerprint density at radius 3 is 1.66 bits per heavy atom. The van der Waals surface area contributed by atoms with Crippen LogP contribution in [0.3, 0.4) is 0 Å². The van der Waals surface area contributed by atoms with Gasteiger partial charge in [-0.05, 0) is 95.8 Å². The Kier molecular flexibility index (Phi) is 10.1. The molecule has 0 spiro atoms. The molecule has 0 amide bonds. The van der Waals surface area contributed by atoms with Crippen LogP contribution in [0.2, 0.25) is 0 Å². The van der Waals surface area contributed by atoms with E-state index in [1.807, 2.05) is 6.07 Å². The molecule has 1 saturated carbocycles. The molecule has 1 fully saturated rings. The average molecular weight is 801 g/mol. The molecule has 2 aromatic heterocycles. The molecule has 0 saturated heterocycles. The van der Waals surface area contributed by atoms with Crippen molar-refractivity contribution >= 4 is 22.4 Å². The van der Waals surface area contributed by atoms with E-state index < -0.39 is 0 Å². The monoisotopic (exact) mass is 800 g/mol. The van der Waals surface area contributed by atoms with Gasteiger partial charge in [-0.25, -0.2) is 19.9 Å². The highest BCUT2D eigenvalue weighted by atomic mass is 14.9. The quantitative estimate of drug-likeness (QED) is 0.154. The molecule has 0 atom stereocenters. The minimum Gasteiger partial charge on any atom is -0.228 e. The van der Waals surface area contributed by atoms with Gasteiger partial charge in [0.2, 0.25) is 0 Å². The van der Waals surface area contributed by atoms with E-state index >= 15 is 0 Å². The molecule has 0 aliphatic heterocycles. The number of hydrogen-bond acceptors (Lipinski definition) is 4. The van der Waals surface area contributed by atoms with Crippen molar-refractivity contribution in [3.63, 3.8) is 0 Å². The van der Waals surface area contributed by atoms with Crippen molar-refractivity contribution < 1.29 is 0 Å². The number of aromatic nitrogens is 4. The first-order chi connectivity index (χ1) is 30.6. The Labute approximate surface area is 364 Å². The van der Waals surface area contributed by atoms with Gasteiger partial charge in [0.25, 0.3) is 0 Å². The van der Waals surface area contributed by atoms with Crippen LogP contribution in [0.1, 0.15) is 79.4 Å². The Balaban J connectivity index is 0.942. The van der Waals surface area contributed by atoms with Crippen molar-refractivity contribution in [1.29, 1.82) is 0 Å². The predicted molar refractivity (Wildman–Crippen MR) is 256 cm³/mol. The maximum Gasteiger partial charge on any atom is 0.160 e. The molecule has 4 nitrogen and oxygen atoms in total. The van der Waals surface area contributed by atoms with Gasteiger partial charge in [0.15, 0.2) is 11.6 Å². The van der Waals surface area contributed by atoms with Crippen LogP contribution in [0.5, 0.6) is 0 Å². The molecule has 62 heavy (non-hydrogen) atoms. The lowest BCUT2D eigenvalue weighted by molar-refractivity contribution is 0.346. The van der Waals surface area contributed by atoms with E-state index in [-0.39, 0.29) is 5.41 Å². The molecule has 6 aromatic carbocycles. The fourth-order valence-electron chi connectivity index (χ4n) is 9.86. The standard InChI is InChI=1S/C58H48N4/c1-4-16-44(17-5-1)56-59-52(38-54(61-56)48-24-22-40-14-8-10-20-46(40)36-48)42-26-30-50(31-27-42)58(34-12-3-13-35-58)51-32-28-43(29-33-51)53-39-55(62-57(60-53)45-18-6-2-7-19-45)49-25-23-41-15-9-11-21-47(41)37-49/h1,4-6,9-11,15-33,36-39H,2-3,7-8,12-14,34-35H2. The van der Waals surface area contributed by atoms with Crippen LogP contribution < -0.4 is 0 Å². The second kappa shape index (κ2) is 16.4. The fourth-order valence-corrected chi connectivity index (χ4v) is 9.86. The number of rotatable bonds is 8. The van der Waals surface area contributed by atoms with Gasteiger partial charge >= 0.3 is 0 Å². The van der Waals surface area contributed by atoms with Crippen LogP contribution in [0.4, 0.5) is 0 Å². The van der Waals surface area contributed by atoms with Gasteiger partial charge in [-0.1, -0.05) is 177 Å². The van der Waals surface area contributed by atoms with Gasteiger partial charge in [-0.3, -0.25) is 0 Å². The molecule has 8 aromatic rings. The lowest BCUT2D eigenvalue weighted by Crippen LogP contribution is -2.30. The van der Waals surface area contributed by atoms with Gasteiger partial charge in [-0.15, -0.1) is 0 Å². The summed E-state index contributed by atoms with van der Waals surface area (Å²) in [6.45, 7) is 0. The molecule has 2 heterocycles. The summed E-state index contributed by atoms with van der Waals surface area (Å²) in [6, 6.07) is 55.2. The number of fused-ring (bicyclic) bond motifs is 2. The van der Waals surface area contributed by atoms with Crippen LogP contribution >= 0.6 is 0 Å². The summed E-state index contributed by atoms with van der Waals surface area (Å²) < 4.78 is 0. The molecular formula is C58H48N4. The third-order valence-electron chi connectivity index (χ3n) is 13.3. The Morgan fingerprint density at radius 2 is 0.984 bits per heavy atom. The molecule has 0 radical (unpaired) electrons. The van der Waals surface area contributed by atoms with E-state index in [4.69, 9.17) is 19.9 Å². The van der Waals surface area contributed by atoms with E-state index in [0.717, 1.165) is 106 Å². The molecule has 4 heteroatoms. The molecule has 300 valence electrons. The third-order valence-corrected chi connectivity index (χ3v) is 13.3. The highest BCUT2D eigenvalue weighted by Crippen LogP contribution is 2.46. The second-order valence-corrected chi connectivity index (χ2v) is 17.1. The zero-order valence-electron chi connectivity index (χ0n) is 35.0. The largest absolute Gasteiger partial charge is 0.228 e. The Hall–Kier alpha value is -7.04. The number of benzene rings is 6. The van der Waals surface area contributed by atoms with E-state index in [2.05, 4.69) is 176 Å². The predicted octanol–water partition coefficient (Wildman–Crippen LogP) is 14.7. The zero-order valence-corrected chi connectivity index (χ0v) is 35.0. The van der Waals surface area contributed by atoms with Crippen molar-refractivity contribution in [1.82, 2.24) is 19.9 Å². The summed E-state index contributed by atoms with van der Waals surface area (Å²) >= 11 is 0. The summed E-state index contributed by atoms with van der Waals surface area (Å²) in [7, 11) is 0. The summed E-state index contributed by atoms with van der Waals surface area (Å²) in [5.74, 6) is 1.52. The van der Waals surface area contributed by atoms with E-state index in [1.165, 1.54) is 52.3 Å². The van der Waals surface area contributed by atoms with Gasteiger partial charge in [0.05, 0.1) is 22.8 Å². The fraction of sp³-hybridized carbons (Fsp3) is 0.172.